The first-order chi connectivity index (χ1) is 14.0. The number of urea groups is 1. The van der Waals surface area contributed by atoms with Gasteiger partial charge < -0.3 is 15.5 Å². The highest BCUT2D eigenvalue weighted by Gasteiger charge is 2.25. The van der Waals surface area contributed by atoms with Gasteiger partial charge in [-0.2, -0.15) is 5.10 Å². The summed E-state index contributed by atoms with van der Waals surface area (Å²) >= 11 is 0. The predicted molar refractivity (Wildman–Crippen MR) is 110 cm³/mol. The highest BCUT2D eigenvalue weighted by Crippen LogP contribution is 2.21. The molecule has 1 fully saturated rings. The van der Waals surface area contributed by atoms with E-state index in [2.05, 4.69) is 20.7 Å². The number of hydrogen-bond acceptors (Lipinski definition) is 4. The van der Waals surface area contributed by atoms with E-state index in [4.69, 9.17) is 0 Å². The Labute approximate surface area is 168 Å². The molecule has 2 aromatic heterocycles. The van der Waals surface area contributed by atoms with E-state index in [1.807, 2.05) is 55.3 Å². The van der Waals surface area contributed by atoms with E-state index in [1.54, 1.807) is 10.9 Å². The van der Waals surface area contributed by atoms with Crippen molar-refractivity contribution in [2.75, 3.05) is 18.4 Å². The van der Waals surface area contributed by atoms with E-state index in [0.29, 0.717) is 18.7 Å². The Bertz CT molecular complexity index is 1050. The topological polar surface area (TPSA) is 92.2 Å². The van der Waals surface area contributed by atoms with Gasteiger partial charge >= 0.3 is 6.03 Å². The van der Waals surface area contributed by atoms with Crippen LogP contribution in [0.3, 0.4) is 0 Å². The number of fused-ring (bicyclic) bond motifs is 1. The van der Waals surface area contributed by atoms with Crippen LogP contribution in [0.15, 0.2) is 42.6 Å². The van der Waals surface area contributed by atoms with Crippen molar-refractivity contribution in [1.29, 1.82) is 0 Å². The highest BCUT2D eigenvalue weighted by molar-refractivity contribution is 5.92. The number of carbonyl (C=O) groups excluding carboxylic acids is 2. The lowest BCUT2D eigenvalue weighted by Crippen LogP contribution is -2.40. The summed E-state index contributed by atoms with van der Waals surface area (Å²) < 4.78 is 1.72. The molecule has 150 valence electrons. The molecule has 1 aliphatic heterocycles. The van der Waals surface area contributed by atoms with Crippen molar-refractivity contribution in [2.24, 2.45) is 7.05 Å². The minimum absolute atomic E-state index is 0.134. The molecule has 1 saturated heterocycles. The summed E-state index contributed by atoms with van der Waals surface area (Å²) in [5.41, 5.74) is 3.17. The molecule has 0 aliphatic carbocycles. The van der Waals surface area contributed by atoms with Crippen molar-refractivity contribution in [1.82, 2.24) is 25.0 Å². The van der Waals surface area contributed by atoms with Gasteiger partial charge in [-0.1, -0.05) is 30.3 Å². The van der Waals surface area contributed by atoms with Crippen molar-refractivity contribution in [3.05, 3.63) is 53.9 Å². The smallest absolute Gasteiger partial charge is 0.319 e. The molecule has 29 heavy (non-hydrogen) atoms. The molecule has 8 nitrogen and oxygen atoms in total. The van der Waals surface area contributed by atoms with Gasteiger partial charge in [0.1, 0.15) is 0 Å². The summed E-state index contributed by atoms with van der Waals surface area (Å²) in [5.74, 6) is 0.134. The number of benzene rings is 1. The summed E-state index contributed by atoms with van der Waals surface area (Å²) in [4.78, 5) is 31.0. The first kappa shape index (κ1) is 18.9. The second-order valence-electron chi connectivity index (χ2n) is 7.31. The first-order valence-corrected chi connectivity index (χ1v) is 9.71. The minimum Gasteiger partial charge on any atom is -0.340 e. The quantitative estimate of drug-likeness (QED) is 0.698. The number of rotatable bonds is 5. The molecule has 0 spiro atoms. The number of nitrogens with one attached hydrogen (secondary N) is 2. The van der Waals surface area contributed by atoms with Crippen LogP contribution in [0.25, 0.3) is 11.0 Å². The van der Waals surface area contributed by atoms with Crippen LogP contribution in [-0.2, 0) is 11.8 Å². The van der Waals surface area contributed by atoms with Crippen LogP contribution in [0.1, 0.15) is 30.1 Å². The summed E-state index contributed by atoms with van der Waals surface area (Å²) in [6.45, 7) is 3.09. The van der Waals surface area contributed by atoms with Gasteiger partial charge in [-0.25, -0.2) is 9.78 Å². The summed E-state index contributed by atoms with van der Waals surface area (Å²) in [6, 6.07) is 10.9. The van der Waals surface area contributed by atoms with E-state index >= 15 is 0 Å². The van der Waals surface area contributed by atoms with Crippen molar-refractivity contribution < 1.29 is 9.59 Å². The fourth-order valence-electron chi connectivity index (χ4n) is 3.74. The largest absolute Gasteiger partial charge is 0.340 e. The Kier molecular flexibility index (Phi) is 5.16. The lowest BCUT2D eigenvalue weighted by atomic mass is 10.1. The number of carbonyl (C=O) groups is 2. The van der Waals surface area contributed by atoms with Crippen LogP contribution in [0, 0.1) is 6.92 Å². The summed E-state index contributed by atoms with van der Waals surface area (Å²) in [5, 5.41) is 11.1. The average molecular weight is 392 g/mol. The minimum atomic E-state index is -0.340. The fourth-order valence-corrected chi connectivity index (χ4v) is 3.74. The summed E-state index contributed by atoms with van der Waals surface area (Å²) in [7, 11) is 1.84. The van der Waals surface area contributed by atoms with E-state index in [1.165, 1.54) is 0 Å². The molecule has 8 heteroatoms. The van der Waals surface area contributed by atoms with Crippen molar-refractivity contribution in [3.8, 4) is 0 Å². The van der Waals surface area contributed by atoms with Gasteiger partial charge in [0, 0.05) is 31.9 Å². The Morgan fingerprint density at radius 3 is 2.79 bits per heavy atom. The number of aromatic nitrogens is 3. The zero-order chi connectivity index (χ0) is 20.4. The molecule has 4 rings (SSSR count). The molecular weight excluding hydrogens is 368 g/mol. The van der Waals surface area contributed by atoms with Crippen LogP contribution in [0.2, 0.25) is 0 Å². The van der Waals surface area contributed by atoms with Gasteiger partial charge in [-0.05, 0) is 25.0 Å². The Hall–Kier alpha value is -3.42. The SMILES string of the molecule is Cc1nn(C)c2ncc(NC(=O)N[C@@H](CN3CCCC3=O)c3ccccc3)cc12. The lowest BCUT2D eigenvalue weighted by Gasteiger charge is -2.25. The molecule has 0 bridgehead atoms. The molecule has 0 unspecified atom stereocenters. The zero-order valence-corrected chi connectivity index (χ0v) is 16.6. The zero-order valence-electron chi connectivity index (χ0n) is 16.6. The molecular formula is C21H24N6O2. The molecule has 3 aromatic rings. The van der Waals surface area contributed by atoms with Gasteiger partial charge in [-0.15, -0.1) is 0 Å². The maximum atomic E-state index is 12.7. The van der Waals surface area contributed by atoms with Crippen LogP contribution in [0.5, 0.6) is 0 Å². The number of aryl methyl sites for hydroxylation is 2. The first-order valence-electron chi connectivity index (χ1n) is 9.71. The molecule has 0 saturated carbocycles. The third-order valence-corrected chi connectivity index (χ3v) is 5.20. The number of hydrogen-bond donors (Lipinski definition) is 2. The standard InChI is InChI=1S/C21H24N6O2/c1-14-17-11-16(12-22-20(17)26(2)25-14)23-21(29)24-18(15-7-4-3-5-8-15)13-27-10-6-9-19(27)28/h3-5,7-8,11-12,18H,6,9-10,13H2,1-2H3,(H2,23,24,29)/t18-/m0/s1. The van der Waals surface area contributed by atoms with Gasteiger partial charge in [0.05, 0.1) is 23.6 Å². The van der Waals surface area contributed by atoms with E-state index in [-0.39, 0.29) is 18.0 Å². The highest BCUT2D eigenvalue weighted by atomic mass is 16.2. The van der Waals surface area contributed by atoms with E-state index in [0.717, 1.165) is 35.3 Å². The second kappa shape index (κ2) is 7.90. The summed E-state index contributed by atoms with van der Waals surface area (Å²) in [6.07, 6.45) is 3.05. The average Bonchev–Trinajstić information content (AvgIpc) is 3.24. The maximum Gasteiger partial charge on any atom is 0.319 e. The molecule has 1 aromatic carbocycles. The third-order valence-electron chi connectivity index (χ3n) is 5.20. The van der Waals surface area contributed by atoms with Crippen molar-refractivity contribution in [2.45, 2.75) is 25.8 Å². The fraction of sp³-hybridized carbons (Fsp3) is 0.333. The number of amides is 3. The Balaban J connectivity index is 1.50. The molecule has 3 heterocycles. The van der Waals surface area contributed by atoms with Crippen LogP contribution < -0.4 is 10.6 Å². The number of anilines is 1. The number of nitrogens with zero attached hydrogens (tertiary/aromatic N) is 4. The van der Waals surface area contributed by atoms with E-state index in [9.17, 15) is 9.59 Å². The molecule has 3 amide bonds. The van der Waals surface area contributed by atoms with Gasteiger partial charge in [0.15, 0.2) is 5.65 Å². The van der Waals surface area contributed by atoms with Crippen molar-refractivity contribution >= 4 is 28.7 Å². The molecule has 0 radical (unpaired) electrons. The van der Waals surface area contributed by atoms with Crippen LogP contribution in [-0.4, -0.2) is 44.7 Å². The normalized spacial score (nSPS) is 15.0. The maximum absolute atomic E-state index is 12.7. The predicted octanol–water partition coefficient (Wildman–Crippen LogP) is 2.76. The van der Waals surface area contributed by atoms with Gasteiger partial charge in [-0.3, -0.25) is 9.48 Å². The van der Waals surface area contributed by atoms with Gasteiger partial charge in [0.2, 0.25) is 5.91 Å². The number of pyridine rings is 1. The number of likely N-dealkylation sites (tertiary alicyclic amines) is 1. The molecule has 1 atom stereocenters. The Morgan fingerprint density at radius 1 is 1.28 bits per heavy atom. The second-order valence-corrected chi connectivity index (χ2v) is 7.31. The van der Waals surface area contributed by atoms with Gasteiger partial charge in [0.25, 0.3) is 0 Å². The molecule has 2 N–H and O–H groups in total. The van der Waals surface area contributed by atoms with Crippen molar-refractivity contribution in [3.63, 3.8) is 0 Å². The lowest BCUT2D eigenvalue weighted by molar-refractivity contribution is -0.128. The molecule has 1 aliphatic rings. The Morgan fingerprint density at radius 2 is 2.07 bits per heavy atom. The third kappa shape index (κ3) is 4.06. The van der Waals surface area contributed by atoms with Crippen LogP contribution in [0.4, 0.5) is 10.5 Å². The van der Waals surface area contributed by atoms with Crippen LogP contribution >= 0.6 is 0 Å². The van der Waals surface area contributed by atoms with E-state index < -0.39 is 0 Å². The monoisotopic (exact) mass is 392 g/mol.